The third-order valence-corrected chi connectivity index (χ3v) is 6.80. The van der Waals surface area contributed by atoms with E-state index >= 15 is 0 Å². The van der Waals surface area contributed by atoms with Crippen molar-refractivity contribution >= 4 is 29.4 Å². The summed E-state index contributed by atoms with van der Waals surface area (Å²) >= 11 is 0. The highest BCUT2D eigenvalue weighted by molar-refractivity contribution is 6.23. The molecule has 4 rings (SSSR count). The second-order valence-electron chi connectivity index (χ2n) is 9.02. The standard InChI is InChI=1S/C25H32N2O6/c1-2-32-25(31)18-10-12-19(13-11-18)27-22(28)15-21(24(27)30)26(16-20-9-6-14-33-20)23(29)17-7-4-3-5-8-17/h10-13,17,20-21H,2-9,14-16H2,1H3. The van der Waals surface area contributed by atoms with Crippen LogP contribution in [-0.2, 0) is 23.9 Å². The largest absolute Gasteiger partial charge is 0.462 e. The Labute approximate surface area is 194 Å². The minimum Gasteiger partial charge on any atom is -0.462 e. The van der Waals surface area contributed by atoms with Crippen LogP contribution in [0.5, 0.6) is 0 Å². The van der Waals surface area contributed by atoms with Gasteiger partial charge in [-0.2, -0.15) is 0 Å². The summed E-state index contributed by atoms with van der Waals surface area (Å²) < 4.78 is 10.8. The van der Waals surface area contributed by atoms with Crippen LogP contribution in [0.4, 0.5) is 5.69 Å². The van der Waals surface area contributed by atoms with Crippen LogP contribution in [0.15, 0.2) is 24.3 Å². The molecule has 8 heteroatoms. The van der Waals surface area contributed by atoms with Crippen molar-refractivity contribution in [2.75, 3.05) is 24.7 Å². The quantitative estimate of drug-likeness (QED) is 0.462. The van der Waals surface area contributed by atoms with Crippen molar-refractivity contribution in [3.05, 3.63) is 29.8 Å². The number of anilines is 1. The van der Waals surface area contributed by atoms with E-state index in [1.165, 1.54) is 0 Å². The molecule has 1 saturated carbocycles. The molecule has 3 aliphatic rings. The highest BCUT2D eigenvalue weighted by Crippen LogP contribution is 2.31. The average molecular weight is 457 g/mol. The molecule has 1 aliphatic carbocycles. The number of imide groups is 1. The van der Waals surface area contributed by atoms with E-state index in [2.05, 4.69) is 0 Å². The number of hydrogen-bond acceptors (Lipinski definition) is 6. The van der Waals surface area contributed by atoms with E-state index in [1.807, 2.05) is 0 Å². The summed E-state index contributed by atoms with van der Waals surface area (Å²) in [5.41, 5.74) is 0.742. The van der Waals surface area contributed by atoms with Gasteiger partial charge in [-0.1, -0.05) is 19.3 Å². The lowest BCUT2D eigenvalue weighted by atomic mass is 9.87. The second-order valence-corrected chi connectivity index (χ2v) is 9.02. The van der Waals surface area contributed by atoms with Crippen LogP contribution in [-0.4, -0.2) is 60.5 Å². The number of amides is 3. The van der Waals surface area contributed by atoms with Gasteiger partial charge in [0, 0.05) is 19.1 Å². The van der Waals surface area contributed by atoms with Crippen LogP contribution in [0.3, 0.4) is 0 Å². The van der Waals surface area contributed by atoms with Gasteiger partial charge in [-0.15, -0.1) is 0 Å². The number of carbonyl (C=O) groups is 4. The number of esters is 1. The Morgan fingerprint density at radius 1 is 1.06 bits per heavy atom. The number of benzene rings is 1. The summed E-state index contributed by atoms with van der Waals surface area (Å²) in [4.78, 5) is 54.5. The molecule has 0 aromatic heterocycles. The van der Waals surface area contributed by atoms with E-state index in [1.54, 1.807) is 36.1 Å². The Hall–Kier alpha value is -2.74. The first kappa shape index (κ1) is 23.4. The summed E-state index contributed by atoms with van der Waals surface area (Å²) in [5, 5.41) is 0. The highest BCUT2D eigenvalue weighted by atomic mass is 16.5. The molecule has 3 amide bonds. The minimum absolute atomic E-state index is 0.0316. The van der Waals surface area contributed by atoms with Gasteiger partial charge in [0.1, 0.15) is 6.04 Å². The molecule has 1 aromatic carbocycles. The zero-order valence-electron chi connectivity index (χ0n) is 19.2. The first-order chi connectivity index (χ1) is 16.0. The van der Waals surface area contributed by atoms with Crippen LogP contribution in [0.2, 0.25) is 0 Å². The molecule has 33 heavy (non-hydrogen) atoms. The SMILES string of the molecule is CCOC(=O)c1ccc(N2C(=O)CC(N(CC3CCCO3)C(=O)C3CCCCC3)C2=O)cc1. The van der Waals surface area contributed by atoms with E-state index in [0.717, 1.165) is 49.8 Å². The molecule has 2 unspecified atom stereocenters. The van der Waals surface area contributed by atoms with Crippen molar-refractivity contribution < 1.29 is 28.7 Å². The van der Waals surface area contributed by atoms with E-state index in [-0.39, 0.29) is 36.9 Å². The highest BCUT2D eigenvalue weighted by Gasteiger charge is 2.46. The molecule has 0 radical (unpaired) electrons. The predicted molar refractivity (Wildman–Crippen MR) is 121 cm³/mol. The summed E-state index contributed by atoms with van der Waals surface area (Å²) in [5.74, 6) is -1.33. The maximum Gasteiger partial charge on any atom is 0.338 e. The Morgan fingerprint density at radius 2 is 1.79 bits per heavy atom. The van der Waals surface area contributed by atoms with Gasteiger partial charge >= 0.3 is 5.97 Å². The molecular formula is C25H32N2O6. The van der Waals surface area contributed by atoms with Crippen molar-refractivity contribution in [2.45, 2.75) is 70.4 Å². The Kier molecular flexibility index (Phi) is 7.42. The Bertz CT molecular complexity index is 887. The Balaban J connectivity index is 1.54. The van der Waals surface area contributed by atoms with Crippen molar-refractivity contribution in [3.8, 4) is 0 Å². The third-order valence-electron chi connectivity index (χ3n) is 6.80. The van der Waals surface area contributed by atoms with Gasteiger partial charge in [-0.3, -0.25) is 14.4 Å². The maximum absolute atomic E-state index is 13.5. The first-order valence-electron chi connectivity index (χ1n) is 12.1. The number of hydrogen-bond donors (Lipinski definition) is 0. The van der Waals surface area contributed by atoms with Crippen molar-refractivity contribution in [1.29, 1.82) is 0 Å². The zero-order chi connectivity index (χ0) is 23.4. The number of ether oxygens (including phenoxy) is 2. The number of carbonyl (C=O) groups excluding carboxylic acids is 4. The van der Waals surface area contributed by atoms with Crippen molar-refractivity contribution in [2.24, 2.45) is 5.92 Å². The molecular weight excluding hydrogens is 424 g/mol. The maximum atomic E-state index is 13.5. The fourth-order valence-electron chi connectivity index (χ4n) is 5.05. The molecule has 3 fully saturated rings. The average Bonchev–Trinajstić information content (AvgIpc) is 3.45. The van der Waals surface area contributed by atoms with Crippen LogP contribution < -0.4 is 4.90 Å². The third kappa shape index (κ3) is 5.11. The fourth-order valence-corrected chi connectivity index (χ4v) is 5.05. The summed E-state index contributed by atoms with van der Waals surface area (Å²) in [6, 6.07) is 5.40. The van der Waals surface area contributed by atoms with Gasteiger partial charge in [0.2, 0.25) is 11.8 Å². The van der Waals surface area contributed by atoms with Gasteiger partial charge in [0.05, 0.1) is 30.4 Å². The molecule has 2 saturated heterocycles. The molecule has 0 N–H and O–H groups in total. The van der Waals surface area contributed by atoms with E-state index in [9.17, 15) is 19.2 Å². The normalized spacial score (nSPS) is 23.7. The minimum atomic E-state index is -0.819. The number of nitrogens with zero attached hydrogens (tertiary/aromatic N) is 2. The molecule has 8 nitrogen and oxygen atoms in total. The van der Waals surface area contributed by atoms with Crippen molar-refractivity contribution in [1.82, 2.24) is 4.90 Å². The van der Waals surface area contributed by atoms with Gasteiger partial charge in [0.25, 0.3) is 5.91 Å². The predicted octanol–water partition coefficient (Wildman–Crippen LogP) is 3.08. The van der Waals surface area contributed by atoms with Crippen LogP contribution in [0.25, 0.3) is 0 Å². The van der Waals surface area contributed by atoms with E-state index < -0.39 is 17.9 Å². The van der Waals surface area contributed by atoms with Crippen LogP contribution in [0.1, 0.15) is 68.6 Å². The topological polar surface area (TPSA) is 93.2 Å². The summed E-state index contributed by atoms with van der Waals surface area (Å²) in [7, 11) is 0. The zero-order valence-corrected chi connectivity index (χ0v) is 19.2. The van der Waals surface area contributed by atoms with Gasteiger partial charge in [-0.05, 0) is 56.9 Å². The molecule has 0 bridgehead atoms. The lowest BCUT2D eigenvalue weighted by molar-refractivity contribution is -0.144. The Morgan fingerprint density at radius 3 is 2.42 bits per heavy atom. The van der Waals surface area contributed by atoms with Crippen molar-refractivity contribution in [3.63, 3.8) is 0 Å². The lowest BCUT2D eigenvalue weighted by Crippen LogP contribution is -2.50. The van der Waals surface area contributed by atoms with Crippen LogP contribution >= 0.6 is 0 Å². The molecule has 0 spiro atoms. The molecule has 1 aromatic rings. The van der Waals surface area contributed by atoms with Gasteiger partial charge in [-0.25, -0.2) is 9.69 Å². The molecule has 178 valence electrons. The van der Waals surface area contributed by atoms with E-state index in [4.69, 9.17) is 9.47 Å². The smallest absolute Gasteiger partial charge is 0.338 e. The summed E-state index contributed by atoms with van der Waals surface area (Å²) in [6.07, 6.45) is 6.47. The lowest BCUT2D eigenvalue weighted by Gasteiger charge is -2.34. The van der Waals surface area contributed by atoms with Crippen LogP contribution in [0, 0.1) is 5.92 Å². The summed E-state index contributed by atoms with van der Waals surface area (Å²) in [6.45, 7) is 2.99. The van der Waals surface area contributed by atoms with E-state index in [0.29, 0.717) is 24.4 Å². The fraction of sp³-hybridized carbons (Fsp3) is 0.600. The van der Waals surface area contributed by atoms with Gasteiger partial charge < -0.3 is 14.4 Å². The first-order valence-corrected chi connectivity index (χ1v) is 12.1. The molecule has 2 atom stereocenters. The number of rotatable bonds is 7. The van der Waals surface area contributed by atoms with Gasteiger partial charge in [0.15, 0.2) is 0 Å². The molecule has 2 heterocycles. The monoisotopic (exact) mass is 456 g/mol. The molecule has 2 aliphatic heterocycles. The second kappa shape index (κ2) is 10.5.